The number of rotatable bonds is 0. The molecule has 36 heavy (non-hydrogen) atoms. The Labute approximate surface area is 218 Å². The predicted octanol–water partition coefficient (Wildman–Crippen LogP) is 7.70. The Morgan fingerprint density at radius 1 is 0.417 bits per heavy atom. The van der Waals surface area contributed by atoms with Gasteiger partial charge in [0.1, 0.15) is 0 Å². The first-order valence-electron chi connectivity index (χ1n) is 12.2. The summed E-state index contributed by atoms with van der Waals surface area (Å²) in [4.78, 5) is 4.66. The summed E-state index contributed by atoms with van der Waals surface area (Å²) in [6, 6.07) is 28.6. The molecule has 0 bridgehead atoms. The molecule has 0 atom stereocenters. The van der Waals surface area contributed by atoms with Crippen molar-refractivity contribution in [3.05, 3.63) is 82.7 Å². The number of hydrogen-bond acceptors (Lipinski definition) is 0. The number of benzene rings is 5. The number of aryl methyl sites for hydroxylation is 2. The Morgan fingerprint density at radius 2 is 0.806 bits per heavy atom. The average molecular weight is 590 g/mol. The third-order valence-corrected chi connectivity index (χ3v) is 11.9. The van der Waals surface area contributed by atoms with E-state index in [2.05, 4.69) is 106 Å². The summed E-state index contributed by atoms with van der Waals surface area (Å²) in [6.07, 6.45) is 0. The van der Waals surface area contributed by atoms with E-state index in [1.165, 1.54) is 84.4 Å². The maximum absolute atomic E-state index is 2.42. The standard InChI is InChI=1S/C32H20N2Se2/c1-33-27-11-21-13-31-17(3-5-35-31)7-19(21)9-23(27)25-16-30-26(15-29(25)33)24-10-20-8-18-4-6-36-32(18)14-22(20)12-28(24)34(30)2/h3-16H,1-2H3. The van der Waals surface area contributed by atoms with Gasteiger partial charge in [-0.2, -0.15) is 0 Å². The summed E-state index contributed by atoms with van der Waals surface area (Å²) >= 11 is 0.940. The Hall–Kier alpha value is -3.26. The van der Waals surface area contributed by atoms with Crippen LogP contribution in [-0.2, 0) is 14.1 Å². The van der Waals surface area contributed by atoms with Crippen molar-refractivity contribution in [3.8, 4) is 0 Å². The fraction of sp³-hybridized carbons (Fsp3) is 0.0625. The first-order chi connectivity index (χ1) is 17.6. The summed E-state index contributed by atoms with van der Waals surface area (Å²) in [6.45, 7) is 0. The Morgan fingerprint density at radius 3 is 1.28 bits per heavy atom. The van der Waals surface area contributed by atoms with Gasteiger partial charge in [0.2, 0.25) is 0 Å². The molecular weight excluding hydrogens is 570 g/mol. The molecule has 9 rings (SSSR count). The average Bonchev–Trinajstić information content (AvgIpc) is 3.65. The van der Waals surface area contributed by atoms with Crippen molar-refractivity contribution in [2.24, 2.45) is 14.1 Å². The number of aromatic nitrogens is 2. The van der Waals surface area contributed by atoms with Crippen LogP contribution in [0.1, 0.15) is 0 Å². The fourth-order valence-corrected chi connectivity index (χ4v) is 9.74. The van der Waals surface area contributed by atoms with Gasteiger partial charge in [-0.25, -0.2) is 0 Å². The van der Waals surface area contributed by atoms with Gasteiger partial charge in [-0.15, -0.1) is 0 Å². The topological polar surface area (TPSA) is 9.86 Å². The summed E-state index contributed by atoms with van der Waals surface area (Å²) in [5.74, 6) is 0. The van der Waals surface area contributed by atoms with Crippen LogP contribution >= 0.6 is 0 Å². The van der Waals surface area contributed by atoms with Gasteiger partial charge < -0.3 is 0 Å². The molecule has 0 spiro atoms. The van der Waals surface area contributed by atoms with Gasteiger partial charge in [0.25, 0.3) is 0 Å². The number of nitrogens with zero attached hydrogens (tertiary/aromatic N) is 2. The van der Waals surface area contributed by atoms with Crippen molar-refractivity contribution in [1.29, 1.82) is 0 Å². The minimum atomic E-state index is 0.470. The van der Waals surface area contributed by atoms with Crippen LogP contribution in [0.25, 0.3) is 84.4 Å². The van der Waals surface area contributed by atoms with Gasteiger partial charge in [0, 0.05) is 0 Å². The summed E-state index contributed by atoms with van der Waals surface area (Å²) in [5, 5.41) is 13.5. The molecule has 0 aliphatic rings. The van der Waals surface area contributed by atoms with Gasteiger partial charge in [0.05, 0.1) is 0 Å². The van der Waals surface area contributed by atoms with Crippen molar-refractivity contribution in [3.63, 3.8) is 0 Å². The number of hydrogen-bond donors (Lipinski definition) is 0. The molecule has 5 aromatic carbocycles. The third-order valence-electron chi connectivity index (χ3n) is 8.19. The molecule has 9 aromatic rings. The third kappa shape index (κ3) is 2.48. The van der Waals surface area contributed by atoms with E-state index in [1.807, 2.05) is 0 Å². The van der Waals surface area contributed by atoms with Crippen molar-refractivity contribution in [1.82, 2.24) is 9.13 Å². The van der Waals surface area contributed by atoms with Crippen LogP contribution in [-0.4, -0.2) is 38.1 Å². The minimum absolute atomic E-state index is 0.470. The molecule has 4 heteroatoms. The van der Waals surface area contributed by atoms with Gasteiger partial charge in [0.15, 0.2) is 0 Å². The van der Waals surface area contributed by atoms with Crippen LogP contribution in [0, 0.1) is 0 Å². The monoisotopic (exact) mass is 592 g/mol. The molecule has 0 amide bonds. The summed E-state index contributed by atoms with van der Waals surface area (Å²) < 4.78 is 7.78. The first-order valence-corrected chi connectivity index (χ1v) is 15.9. The molecule has 0 N–H and O–H groups in total. The van der Waals surface area contributed by atoms with Crippen LogP contribution in [0.15, 0.2) is 82.7 Å². The molecule has 0 radical (unpaired) electrons. The second-order valence-corrected chi connectivity index (χ2v) is 14.0. The van der Waals surface area contributed by atoms with E-state index in [0.717, 1.165) is 0 Å². The Balaban J connectivity index is 1.41. The molecule has 0 fully saturated rings. The van der Waals surface area contributed by atoms with Crippen molar-refractivity contribution >= 4 is 113 Å². The van der Waals surface area contributed by atoms with E-state index < -0.39 is 0 Å². The SMILES string of the molecule is Cn1c2cc3cc4[se]ccc4cc3cc2c2cc3c(cc21)c1cc2cc4cc[se]c4cc2cc1n3C. The molecule has 0 saturated heterocycles. The van der Waals surface area contributed by atoms with Crippen LogP contribution in [0.2, 0.25) is 0 Å². The Kier molecular flexibility index (Phi) is 3.72. The van der Waals surface area contributed by atoms with Gasteiger partial charge >= 0.3 is 219 Å². The fourth-order valence-electron chi connectivity index (χ4n) is 6.30. The molecule has 170 valence electrons. The molecule has 0 aliphatic carbocycles. The molecule has 4 heterocycles. The summed E-state index contributed by atoms with van der Waals surface area (Å²) in [5.41, 5.74) is 5.23. The van der Waals surface area contributed by atoms with Crippen LogP contribution in [0.3, 0.4) is 0 Å². The zero-order valence-corrected chi connectivity index (χ0v) is 23.2. The van der Waals surface area contributed by atoms with E-state index in [1.54, 1.807) is 0 Å². The normalized spacial score (nSPS) is 12.7. The molecular formula is C32H20N2Se2. The second kappa shape index (κ2) is 6.73. The second-order valence-electron chi connectivity index (χ2n) is 10.1. The maximum atomic E-state index is 2.42. The van der Waals surface area contributed by atoms with Gasteiger partial charge in [-0.1, -0.05) is 0 Å². The van der Waals surface area contributed by atoms with E-state index in [0.29, 0.717) is 29.0 Å². The molecule has 0 saturated carbocycles. The molecule has 0 aliphatic heterocycles. The van der Waals surface area contributed by atoms with Crippen LogP contribution < -0.4 is 0 Å². The zero-order chi connectivity index (χ0) is 23.7. The van der Waals surface area contributed by atoms with E-state index in [4.69, 9.17) is 0 Å². The number of fused-ring (bicyclic) bond motifs is 10. The van der Waals surface area contributed by atoms with Crippen molar-refractivity contribution in [2.45, 2.75) is 0 Å². The van der Waals surface area contributed by atoms with E-state index in [-0.39, 0.29) is 0 Å². The van der Waals surface area contributed by atoms with E-state index >= 15 is 0 Å². The van der Waals surface area contributed by atoms with Gasteiger partial charge in [-0.3, -0.25) is 0 Å². The quantitative estimate of drug-likeness (QED) is 0.160. The first kappa shape index (κ1) is 19.9. The van der Waals surface area contributed by atoms with E-state index in [9.17, 15) is 0 Å². The van der Waals surface area contributed by atoms with Crippen LogP contribution in [0.5, 0.6) is 0 Å². The molecule has 4 aromatic heterocycles. The van der Waals surface area contributed by atoms with Crippen molar-refractivity contribution < 1.29 is 0 Å². The van der Waals surface area contributed by atoms with Crippen LogP contribution in [0.4, 0.5) is 0 Å². The van der Waals surface area contributed by atoms with Gasteiger partial charge in [-0.05, 0) is 0 Å². The van der Waals surface area contributed by atoms with Crippen molar-refractivity contribution in [2.75, 3.05) is 0 Å². The zero-order valence-electron chi connectivity index (χ0n) is 19.8. The predicted molar refractivity (Wildman–Crippen MR) is 158 cm³/mol. The Bertz CT molecular complexity index is 2220. The molecule has 2 nitrogen and oxygen atoms in total. The molecule has 0 unspecified atom stereocenters. The summed E-state index contributed by atoms with van der Waals surface area (Å²) in [7, 11) is 4.44.